The third-order valence-corrected chi connectivity index (χ3v) is 9.07. The number of nitrogens with zero attached hydrogens (tertiary/aromatic N) is 1. The van der Waals surface area contributed by atoms with Gasteiger partial charge in [-0.05, 0) is 87.6 Å². The maximum atomic E-state index is 14.1. The van der Waals surface area contributed by atoms with E-state index in [1.807, 2.05) is 49.1 Å². The first-order valence-electron chi connectivity index (χ1n) is 14.2. The van der Waals surface area contributed by atoms with Crippen LogP contribution in [0.4, 0.5) is 0 Å². The molecule has 1 aliphatic heterocycles. The topological polar surface area (TPSA) is 80.0 Å². The molecule has 200 valence electrons. The molecule has 1 saturated carbocycles. The zero-order valence-electron chi connectivity index (χ0n) is 22.4. The summed E-state index contributed by atoms with van der Waals surface area (Å²) >= 11 is 0. The van der Waals surface area contributed by atoms with Gasteiger partial charge in [-0.1, -0.05) is 43.2 Å². The molecule has 6 rings (SSSR count). The molecule has 0 bridgehead atoms. The van der Waals surface area contributed by atoms with Crippen molar-refractivity contribution < 1.29 is 19.1 Å². The van der Waals surface area contributed by atoms with Gasteiger partial charge in [0.15, 0.2) is 6.10 Å². The highest BCUT2D eigenvalue weighted by molar-refractivity contribution is 5.89. The normalized spacial score (nSPS) is 25.9. The third kappa shape index (κ3) is 4.33. The highest BCUT2D eigenvalue weighted by Gasteiger charge is 2.50. The molecule has 0 unspecified atom stereocenters. The average Bonchev–Trinajstić information content (AvgIpc) is 2.92. The Hall–Kier alpha value is -3.12. The quantitative estimate of drug-likeness (QED) is 0.455. The predicted molar refractivity (Wildman–Crippen MR) is 146 cm³/mol. The van der Waals surface area contributed by atoms with Gasteiger partial charge in [0, 0.05) is 18.0 Å². The molecular weight excluding hydrogens is 478 g/mol. The van der Waals surface area contributed by atoms with E-state index < -0.39 is 11.7 Å². The zero-order valence-corrected chi connectivity index (χ0v) is 22.4. The van der Waals surface area contributed by atoms with Gasteiger partial charge in [-0.2, -0.15) is 0 Å². The monoisotopic (exact) mass is 515 g/mol. The number of benzene rings is 2. The third-order valence-electron chi connectivity index (χ3n) is 9.07. The molecule has 1 saturated heterocycles. The molecule has 3 aliphatic rings. The van der Waals surface area contributed by atoms with Crippen molar-refractivity contribution in [3.8, 4) is 5.75 Å². The summed E-state index contributed by atoms with van der Waals surface area (Å²) in [6, 6.07) is 13.8. The SMILES string of the molecule is Cc1cc(O[C@@H](C)C(=O)N2CC[C@@]3(O)CCCC[C@@H]3[C@@H]2c2ccccc2)c2c3c(c(=O)oc2c1)CCCC3. The van der Waals surface area contributed by atoms with Crippen LogP contribution in [0.25, 0.3) is 11.0 Å². The van der Waals surface area contributed by atoms with E-state index in [2.05, 4.69) is 12.1 Å². The van der Waals surface area contributed by atoms with Gasteiger partial charge < -0.3 is 19.2 Å². The molecule has 2 fully saturated rings. The van der Waals surface area contributed by atoms with E-state index in [4.69, 9.17) is 9.15 Å². The minimum Gasteiger partial charge on any atom is -0.480 e. The van der Waals surface area contributed by atoms with E-state index in [0.29, 0.717) is 30.7 Å². The Morgan fingerprint density at radius 1 is 1.08 bits per heavy atom. The summed E-state index contributed by atoms with van der Waals surface area (Å²) in [6.07, 6.45) is 7.17. The van der Waals surface area contributed by atoms with Crippen LogP contribution in [0, 0.1) is 12.8 Å². The first-order chi connectivity index (χ1) is 18.4. The standard InChI is InChI=1S/C32H37NO5/c1-20-18-26(28-23-12-6-7-13-24(23)31(35)38-27(28)19-20)37-21(2)30(34)33-17-16-32(36)15-9-8-14-25(32)29(33)22-10-4-3-5-11-22/h3-5,10-11,18-19,21,25,29,36H,6-9,12-17H2,1-2H3/t21-,25+,29-,32-/m0/s1. The molecule has 4 atom stereocenters. The van der Waals surface area contributed by atoms with Crippen LogP contribution in [-0.2, 0) is 17.6 Å². The molecule has 2 aromatic carbocycles. The zero-order chi connectivity index (χ0) is 26.4. The lowest BCUT2D eigenvalue weighted by molar-refractivity contribution is -0.161. The lowest BCUT2D eigenvalue weighted by Gasteiger charge is -2.53. The van der Waals surface area contributed by atoms with Gasteiger partial charge in [0.25, 0.3) is 5.91 Å². The van der Waals surface area contributed by atoms with Crippen LogP contribution in [0.5, 0.6) is 5.75 Å². The van der Waals surface area contributed by atoms with Crippen LogP contribution in [0.2, 0.25) is 0 Å². The molecule has 1 amide bonds. The molecule has 6 nitrogen and oxygen atoms in total. The van der Waals surface area contributed by atoms with E-state index >= 15 is 0 Å². The smallest absolute Gasteiger partial charge is 0.339 e. The minimum atomic E-state index is -0.733. The highest BCUT2D eigenvalue weighted by atomic mass is 16.5. The van der Waals surface area contributed by atoms with Gasteiger partial charge in [-0.15, -0.1) is 0 Å². The number of hydrogen-bond acceptors (Lipinski definition) is 5. The number of carbonyl (C=O) groups excluding carboxylic acids is 1. The lowest BCUT2D eigenvalue weighted by atomic mass is 9.66. The van der Waals surface area contributed by atoms with Gasteiger partial charge in [-0.25, -0.2) is 4.79 Å². The highest BCUT2D eigenvalue weighted by Crippen LogP contribution is 2.49. The van der Waals surface area contributed by atoms with Crippen molar-refractivity contribution >= 4 is 16.9 Å². The number of likely N-dealkylation sites (tertiary alicyclic amines) is 1. The summed E-state index contributed by atoms with van der Waals surface area (Å²) in [6.45, 7) is 4.25. The Morgan fingerprint density at radius 3 is 2.63 bits per heavy atom. The Kier molecular flexibility index (Phi) is 6.55. The number of aryl methyl sites for hydroxylation is 2. The number of aliphatic hydroxyl groups is 1. The van der Waals surface area contributed by atoms with Gasteiger partial charge in [0.2, 0.25) is 0 Å². The second kappa shape index (κ2) is 9.88. The van der Waals surface area contributed by atoms with Crippen LogP contribution < -0.4 is 10.4 Å². The summed E-state index contributed by atoms with van der Waals surface area (Å²) in [4.78, 5) is 28.7. The van der Waals surface area contributed by atoms with Crippen LogP contribution >= 0.6 is 0 Å². The van der Waals surface area contributed by atoms with E-state index in [-0.39, 0.29) is 23.5 Å². The molecular formula is C32H37NO5. The van der Waals surface area contributed by atoms with E-state index in [1.54, 1.807) is 0 Å². The Labute approximate surface area is 223 Å². The second-order valence-electron chi connectivity index (χ2n) is 11.5. The number of piperidine rings is 1. The van der Waals surface area contributed by atoms with Crippen LogP contribution in [0.15, 0.2) is 51.7 Å². The Morgan fingerprint density at radius 2 is 1.84 bits per heavy atom. The molecule has 1 aromatic heterocycles. The number of amides is 1. The predicted octanol–water partition coefficient (Wildman–Crippen LogP) is 5.64. The summed E-state index contributed by atoms with van der Waals surface area (Å²) in [7, 11) is 0. The number of fused-ring (bicyclic) bond motifs is 4. The molecule has 1 N–H and O–H groups in total. The van der Waals surface area contributed by atoms with Crippen molar-refractivity contribution in [3.63, 3.8) is 0 Å². The second-order valence-corrected chi connectivity index (χ2v) is 11.5. The van der Waals surface area contributed by atoms with E-state index in [1.165, 1.54) is 0 Å². The van der Waals surface area contributed by atoms with Crippen molar-refractivity contribution in [3.05, 3.63) is 75.1 Å². The number of ether oxygens (including phenoxy) is 1. The maximum absolute atomic E-state index is 14.1. The number of rotatable bonds is 4. The van der Waals surface area contributed by atoms with Crippen molar-refractivity contribution in [1.29, 1.82) is 0 Å². The van der Waals surface area contributed by atoms with Crippen molar-refractivity contribution in [2.45, 2.75) is 89.4 Å². The summed E-state index contributed by atoms with van der Waals surface area (Å²) in [5.41, 5.74) is 3.26. The first kappa shape index (κ1) is 25.2. The Balaban J connectivity index is 1.35. The largest absolute Gasteiger partial charge is 0.480 e. The molecule has 2 aliphatic carbocycles. The van der Waals surface area contributed by atoms with Crippen LogP contribution in [-0.4, -0.2) is 34.2 Å². The van der Waals surface area contributed by atoms with Crippen molar-refractivity contribution in [2.75, 3.05) is 6.54 Å². The molecule has 0 spiro atoms. The first-order valence-corrected chi connectivity index (χ1v) is 14.2. The van der Waals surface area contributed by atoms with Gasteiger partial charge in [0.05, 0.1) is 17.0 Å². The average molecular weight is 516 g/mol. The summed E-state index contributed by atoms with van der Waals surface area (Å²) < 4.78 is 12.2. The summed E-state index contributed by atoms with van der Waals surface area (Å²) in [5, 5.41) is 12.4. The number of hydrogen-bond donors (Lipinski definition) is 1. The van der Waals surface area contributed by atoms with Crippen LogP contribution in [0.1, 0.15) is 80.2 Å². The fourth-order valence-corrected chi connectivity index (χ4v) is 7.23. The van der Waals surface area contributed by atoms with Crippen molar-refractivity contribution in [2.24, 2.45) is 5.92 Å². The fraction of sp³-hybridized carbons (Fsp3) is 0.500. The van der Waals surface area contributed by atoms with Gasteiger partial charge >= 0.3 is 5.63 Å². The number of carbonyl (C=O) groups is 1. The molecule has 3 aromatic rings. The minimum absolute atomic E-state index is 0.00430. The van der Waals surface area contributed by atoms with Crippen molar-refractivity contribution in [1.82, 2.24) is 4.90 Å². The van der Waals surface area contributed by atoms with Crippen LogP contribution in [0.3, 0.4) is 0 Å². The maximum Gasteiger partial charge on any atom is 0.339 e. The molecule has 6 heteroatoms. The summed E-state index contributed by atoms with van der Waals surface area (Å²) in [5.74, 6) is 0.530. The lowest BCUT2D eigenvalue weighted by Crippen LogP contribution is -2.58. The van der Waals surface area contributed by atoms with E-state index in [0.717, 1.165) is 72.6 Å². The molecule has 0 radical (unpaired) electrons. The Bertz CT molecular complexity index is 1410. The van der Waals surface area contributed by atoms with Gasteiger partial charge in [-0.3, -0.25) is 4.79 Å². The molecule has 2 heterocycles. The van der Waals surface area contributed by atoms with E-state index in [9.17, 15) is 14.7 Å². The molecule has 38 heavy (non-hydrogen) atoms. The fourth-order valence-electron chi connectivity index (χ4n) is 7.23. The van der Waals surface area contributed by atoms with Gasteiger partial charge in [0.1, 0.15) is 11.3 Å².